The molecule has 0 aromatic heterocycles. The standard InChI is InChI=1S/C22H18F3N3O4/c23-22(24,25)13-4-5-14-12(8-21(10-31-11-21)32-18(14)7-13)6-19(29)27-16-2-1-3-17-15(16)9-26-20(30)28-17/h1-7H,8-11H2,(H,27,29)(H2,26,28,30)/b12-6+. The SMILES string of the molecule is O=C(/C=C1\CC2(COC2)Oc2cc(C(F)(F)F)ccc21)Nc1cccc2c1CNC(=O)N2. The second-order valence-corrected chi connectivity index (χ2v) is 7.96. The first kappa shape index (κ1) is 20.4. The summed E-state index contributed by atoms with van der Waals surface area (Å²) >= 11 is 0. The lowest BCUT2D eigenvalue weighted by Gasteiger charge is -2.45. The molecule has 166 valence electrons. The van der Waals surface area contributed by atoms with E-state index in [0.717, 1.165) is 17.7 Å². The fourth-order valence-electron chi connectivity index (χ4n) is 4.05. The molecule has 0 radical (unpaired) electrons. The maximum Gasteiger partial charge on any atom is 0.416 e. The van der Waals surface area contributed by atoms with Crippen molar-refractivity contribution in [2.45, 2.75) is 24.7 Å². The van der Waals surface area contributed by atoms with Crippen LogP contribution in [0.4, 0.5) is 29.3 Å². The lowest BCUT2D eigenvalue weighted by atomic mass is 9.85. The molecule has 0 saturated carbocycles. The van der Waals surface area contributed by atoms with E-state index in [-0.39, 0.29) is 31.5 Å². The Morgan fingerprint density at radius 2 is 2.00 bits per heavy atom. The molecule has 3 aliphatic heterocycles. The zero-order valence-corrected chi connectivity index (χ0v) is 16.6. The summed E-state index contributed by atoms with van der Waals surface area (Å²) in [4.78, 5) is 24.3. The predicted molar refractivity (Wildman–Crippen MR) is 109 cm³/mol. The summed E-state index contributed by atoms with van der Waals surface area (Å²) in [5, 5.41) is 8.13. The van der Waals surface area contributed by atoms with Crippen molar-refractivity contribution in [1.29, 1.82) is 0 Å². The molecule has 10 heteroatoms. The van der Waals surface area contributed by atoms with Crippen LogP contribution < -0.4 is 20.7 Å². The number of benzene rings is 2. The highest BCUT2D eigenvalue weighted by Crippen LogP contribution is 2.45. The Labute approximate surface area is 180 Å². The van der Waals surface area contributed by atoms with Gasteiger partial charge < -0.3 is 25.4 Å². The summed E-state index contributed by atoms with van der Waals surface area (Å²) in [7, 11) is 0. The molecule has 0 atom stereocenters. The van der Waals surface area contributed by atoms with Crippen LogP contribution in [-0.4, -0.2) is 30.8 Å². The third-order valence-corrected chi connectivity index (χ3v) is 5.64. The average Bonchev–Trinajstić information content (AvgIpc) is 2.71. The highest BCUT2D eigenvalue weighted by Gasteiger charge is 2.46. The molecule has 2 aromatic carbocycles. The van der Waals surface area contributed by atoms with Gasteiger partial charge in [-0.25, -0.2) is 4.79 Å². The van der Waals surface area contributed by atoms with Crippen molar-refractivity contribution in [2.75, 3.05) is 23.8 Å². The summed E-state index contributed by atoms with van der Waals surface area (Å²) < 4.78 is 50.6. The smallest absolute Gasteiger partial charge is 0.416 e. The summed E-state index contributed by atoms with van der Waals surface area (Å²) in [6, 6.07) is 8.09. The number of urea groups is 1. The number of halogens is 3. The molecule has 0 bridgehead atoms. The Kier molecular flexibility index (Phi) is 4.63. The van der Waals surface area contributed by atoms with Gasteiger partial charge in [0.1, 0.15) is 5.75 Å². The molecule has 3 N–H and O–H groups in total. The molecule has 3 heterocycles. The number of nitrogens with one attached hydrogen (secondary N) is 3. The minimum absolute atomic E-state index is 0.0810. The van der Waals surface area contributed by atoms with Crippen LogP contribution in [0.2, 0.25) is 0 Å². The van der Waals surface area contributed by atoms with Gasteiger partial charge in [0.2, 0.25) is 5.91 Å². The highest BCUT2D eigenvalue weighted by molar-refractivity contribution is 6.06. The quantitative estimate of drug-likeness (QED) is 0.612. The first-order chi connectivity index (χ1) is 15.2. The number of carbonyl (C=O) groups is 2. The molecule has 1 spiro atoms. The molecular formula is C22H18F3N3O4. The van der Waals surface area contributed by atoms with Crippen LogP contribution in [0.3, 0.4) is 0 Å². The van der Waals surface area contributed by atoms with E-state index in [0.29, 0.717) is 28.9 Å². The minimum atomic E-state index is -4.50. The van der Waals surface area contributed by atoms with Crippen LogP contribution in [-0.2, 0) is 22.3 Å². The van der Waals surface area contributed by atoms with Crippen molar-refractivity contribution in [3.8, 4) is 5.75 Å². The van der Waals surface area contributed by atoms with E-state index in [4.69, 9.17) is 9.47 Å². The number of amides is 3. The maximum atomic E-state index is 13.2. The lowest BCUT2D eigenvalue weighted by Crippen LogP contribution is -2.55. The number of rotatable bonds is 2. The van der Waals surface area contributed by atoms with E-state index >= 15 is 0 Å². The van der Waals surface area contributed by atoms with Crippen molar-refractivity contribution in [3.63, 3.8) is 0 Å². The Morgan fingerprint density at radius 3 is 2.72 bits per heavy atom. The molecule has 3 amide bonds. The van der Waals surface area contributed by atoms with E-state index in [9.17, 15) is 22.8 Å². The summed E-state index contributed by atoms with van der Waals surface area (Å²) in [5.74, 6) is -0.356. The molecule has 2 aromatic rings. The lowest BCUT2D eigenvalue weighted by molar-refractivity contribution is -0.161. The monoisotopic (exact) mass is 445 g/mol. The second-order valence-electron chi connectivity index (χ2n) is 7.96. The van der Waals surface area contributed by atoms with Gasteiger partial charge in [0.05, 0.1) is 18.8 Å². The van der Waals surface area contributed by atoms with Crippen LogP contribution >= 0.6 is 0 Å². The molecule has 0 aliphatic carbocycles. The van der Waals surface area contributed by atoms with E-state index < -0.39 is 23.2 Å². The van der Waals surface area contributed by atoms with Gasteiger partial charge in [0.25, 0.3) is 0 Å². The number of hydrogen-bond acceptors (Lipinski definition) is 4. The van der Waals surface area contributed by atoms with Gasteiger partial charge in [-0.05, 0) is 29.8 Å². The number of hydrogen-bond donors (Lipinski definition) is 3. The van der Waals surface area contributed by atoms with E-state index in [1.54, 1.807) is 18.2 Å². The highest BCUT2D eigenvalue weighted by atomic mass is 19.4. The Balaban J connectivity index is 1.46. The number of alkyl halides is 3. The second kappa shape index (κ2) is 7.27. The third-order valence-electron chi connectivity index (χ3n) is 5.64. The molecule has 3 aliphatic rings. The number of ether oxygens (including phenoxy) is 2. The largest absolute Gasteiger partial charge is 0.481 e. The number of fused-ring (bicyclic) bond motifs is 2. The van der Waals surface area contributed by atoms with Crippen molar-refractivity contribution in [2.24, 2.45) is 0 Å². The van der Waals surface area contributed by atoms with Crippen LogP contribution in [0.5, 0.6) is 5.75 Å². The fraction of sp³-hybridized carbons (Fsp3) is 0.273. The van der Waals surface area contributed by atoms with Gasteiger partial charge in [0.15, 0.2) is 5.60 Å². The van der Waals surface area contributed by atoms with Gasteiger partial charge in [-0.15, -0.1) is 0 Å². The van der Waals surface area contributed by atoms with Gasteiger partial charge in [-0.1, -0.05) is 12.1 Å². The maximum absolute atomic E-state index is 13.2. The fourth-order valence-corrected chi connectivity index (χ4v) is 4.05. The van der Waals surface area contributed by atoms with Crippen LogP contribution in [0.25, 0.3) is 5.57 Å². The molecule has 32 heavy (non-hydrogen) atoms. The Bertz CT molecular complexity index is 1160. The van der Waals surface area contributed by atoms with E-state index in [1.165, 1.54) is 12.1 Å². The number of anilines is 2. The van der Waals surface area contributed by atoms with E-state index in [2.05, 4.69) is 16.0 Å². The molecule has 1 fully saturated rings. The van der Waals surface area contributed by atoms with Gasteiger partial charge >= 0.3 is 12.2 Å². The van der Waals surface area contributed by atoms with Gasteiger partial charge in [0, 0.05) is 41.5 Å². The normalized spacial score (nSPS) is 19.7. The first-order valence-electron chi connectivity index (χ1n) is 9.89. The molecule has 5 rings (SSSR count). The Morgan fingerprint density at radius 1 is 1.19 bits per heavy atom. The van der Waals surface area contributed by atoms with Crippen LogP contribution in [0.15, 0.2) is 42.5 Å². The molecule has 7 nitrogen and oxygen atoms in total. The number of carbonyl (C=O) groups excluding carboxylic acids is 2. The topological polar surface area (TPSA) is 88.7 Å². The zero-order chi connectivity index (χ0) is 22.5. The molecule has 0 unspecified atom stereocenters. The van der Waals surface area contributed by atoms with Crippen molar-refractivity contribution < 1.29 is 32.2 Å². The van der Waals surface area contributed by atoms with Crippen molar-refractivity contribution in [1.82, 2.24) is 5.32 Å². The van der Waals surface area contributed by atoms with Crippen molar-refractivity contribution >= 4 is 28.9 Å². The van der Waals surface area contributed by atoms with Crippen LogP contribution in [0, 0.1) is 0 Å². The first-order valence-corrected chi connectivity index (χ1v) is 9.89. The molecule has 1 saturated heterocycles. The van der Waals surface area contributed by atoms with Crippen molar-refractivity contribution in [3.05, 3.63) is 59.2 Å². The summed E-state index contributed by atoms with van der Waals surface area (Å²) in [6.45, 7) is 0.726. The van der Waals surface area contributed by atoms with Gasteiger partial charge in [-0.2, -0.15) is 13.2 Å². The molecular weight excluding hydrogens is 427 g/mol. The summed E-state index contributed by atoms with van der Waals surface area (Å²) in [6.07, 6.45) is -2.79. The third kappa shape index (κ3) is 3.66. The van der Waals surface area contributed by atoms with Crippen LogP contribution in [0.1, 0.15) is 23.1 Å². The predicted octanol–water partition coefficient (Wildman–Crippen LogP) is 3.91. The van der Waals surface area contributed by atoms with E-state index in [1.807, 2.05) is 0 Å². The average molecular weight is 445 g/mol. The minimum Gasteiger partial charge on any atom is -0.481 e. The Hall–Kier alpha value is -3.53. The summed E-state index contributed by atoms with van der Waals surface area (Å²) in [5.41, 5.74) is 1.27. The van der Waals surface area contributed by atoms with Gasteiger partial charge in [-0.3, -0.25) is 4.79 Å². The zero-order valence-electron chi connectivity index (χ0n) is 16.6.